The second kappa shape index (κ2) is 10.7. The van der Waals surface area contributed by atoms with Gasteiger partial charge in [0.25, 0.3) is 0 Å². The van der Waals surface area contributed by atoms with Gasteiger partial charge >= 0.3 is 0 Å². The molecule has 0 aromatic rings. The fourth-order valence-electron chi connectivity index (χ4n) is 4.91. The Balaban J connectivity index is 1.43. The summed E-state index contributed by atoms with van der Waals surface area (Å²) in [4.78, 5) is 36.7. The van der Waals surface area contributed by atoms with Crippen molar-refractivity contribution in [1.82, 2.24) is 24.5 Å². The Bertz CT molecular complexity index is 541. The van der Waals surface area contributed by atoms with Gasteiger partial charge in [-0.05, 0) is 52.9 Å². The number of nitrogens with zero attached hydrogens (tertiary/aromatic N) is 5. The van der Waals surface area contributed by atoms with Crippen molar-refractivity contribution in [3.63, 3.8) is 0 Å². The van der Waals surface area contributed by atoms with Crippen LogP contribution in [0.3, 0.4) is 0 Å². The number of amides is 2. The van der Waals surface area contributed by atoms with E-state index in [0.717, 1.165) is 91.1 Å². The Morgan fingerprint density at radius 1 is 0.931 bits per heavy atom. The van der Waals surface area contributed by atoms with Crippen LogP contribution in [0, 0.1) is 5.92 Å². The van der Waals surface area contributed by atoms with E-state index >= 15 is 0 Å². The number of likely N-dealkylation sites (tertiary alicyclic amines) is 2. The Morgan fingerprint density at radius 2 is 1.62 bits per heavy atom. The van der Waals surface area contributed by atoms with Gasteiger partial charge < -0.3 is 19.6 Å². The second-order valence-electron chi connectivity index (χ2n) is 9.22. The van der Waals surface area contributed by atoms with Crippen molar-refractivity contribution in [3.8, 4) is 0 Å². The van der Waals surface area contributed by atoms with Crippen LogP contribution in [-0.2, 0) is 9.59 Å². The van der Waals surface area contributed by atoms with Gasteiger partial charge in [-0.3, -0.25) is 14.5 Å². The first-order chi connectivity index (χ1) is 14.0. The average molecular weight is 408 g/mol. The third kappa shape index (κ3) is 6.15. The quantitative estimate of drug-likeness (QED) is 0.652. The lowest BCUT2D eigenvalue weighted by Crippen LogP contribution is -2.54. The molecule has 1 unspecified atom stereocenters. The third-order valence-corrected chi connectivity index (χ3v) is 7.20. The van der Waals surface area contributed by atoms with Gasteiger partial charge in [-0.2, -0.15) is 0 Å². The van der Waals surface area contributed by atoms with E-state index in [4.69, 9.17) is 0 Å². The van der Waals surface area contributed by atoms with E-state index in [1.807, 2.05) is 0 Å². The monoisotopic (exact) mass is 407 g/mol. The molecule has 3 aliphatic rings. The molecule has 3 aliphatic heterocycles. The molecule has 7 heteroatoms. The van der Waals surface area contributed by atoms with Gasteiger partial charge in [-0.15, -0.1) is 0 Å². The standard InChI is InChI=1S/C22H41N5O2/c1-4-23(2)11-9-21(28)25-12-7-20(8-13-25)27-10-5-6-19(18-27)22(29)26-16-14-24(3)15-17-26/h19-20H,4-18H2,1-3H3. The summed E-state index contributed by atoms with van der Waals surface area (Å²) in [6, 6.07) is 0.528. The van der Waals surface area contributed by atoms with Crippen LogP contribution in [0.4, 0.5) is 0 Å². The first-order valence-electron chi connectivity index (χ1n) is 11.7. The number of piperidine rings is 2. The smallest absolute Gasteiger partial charge is 0.227 e. The van der Waals surface area contributed by atoms with Crippen LogP contribution in [0.15, 0.2) is 0 Å². The predicted molar refractivity (Wildman–Crippen MR) is 116 cm³/mol. The first-order valence-corrected chi connectivity index (χ1v) is 11.7. The molecule has 0 saturated carbocycles. The molecule has 1 atom stereocenters. The molecule has 2 amide bonds. The van der Waals surface area contributed by atoms with E-state index in [1.54, 1.807) is 0 Å². The molecule has 0 bridgehead atoms. The topological polar surface area (TPSA) is 50.3 Å². The molecule has 29 heavy (non-hydrogen) atoms. The zero-order valence-electron chi connectivity index (χ0n) is 18.8. The highest BCUT2D eigenvalue weighted by Crippen LogP contribution is 2.25. The van der Waals surface area contributed by atoms with Crippen LogP contribution >= 0.6 is 0 Å². The third-order valence-electron chi connectivity index (χ3n) is 7.20. The second-order valence-corrected chi connectivity index (χ2v) is 9.22. The van der Waals surface area contributed by atoms with E-state index < -0.39 is 0 Å². The number of carbonyl (C=O) groups excluding carboxylic acids is 2. The highest BCUT2D eigenvalue weighted by Gasteiger charge is 2.34. The number of likely N-dealkylation sites (N-methyl/N-ethyl adjacent to an activating group) is 1. The van der Waals surface area contributed by atoms with Crippen molar-refractivity contribution < 1.29 is 9.59 Å². The van der Waals surface area contributed by atoms with Gasteiger partial charge in [-0.1, -0.05) is 6.92 Å². The number of carbonyl (C=O) groups is 2. The van der Waals surface area contributed by atoms with Crippen LogP contribution in [0.5, 0.6) is 0 Å². The minimum absolute atomic E-state index is 0.163. The van der Waals surface area contributed by atoms with Crippen LogP contribution < -0.4 is 0 Å². The molecule has 0 aromatic heterocycles. The molecule has 0 aromatic carbocycles. The van der Waals surface area contributed by atoms with Gasteiger partial charge in [-0.25, -0.2) is 0 Å². The fourth-order valence-corrected chi connectivity index (χ4v) is 4.91. The zero-order chi connectivity index (χ0) is 20.8. The lowest BCUT2D eigenvalue weighted by molar-refractivity contribution is -0.139. The van der Waals surface area contributed by atoms with Gasteiger partial charge in [0, 0.05) is 64.8 Å². The molecule has 0 radical (unpaired) electrons. The van der Waals surface area contributed by atoms with Gasteiger partial charge in [0.15, 0.2) is 0 Å². The van der Waals surface area contributed by atoms with Gasteiger partial charge in [0.05, 0.1) is 5.92 Å². The largest absolute Gasteiger partial charge is 0.343 e. The van der Waals surface area contributed by atoms with Gasteiger partial charge in [0.2, 0.25) is 11.8 Å². The Morgan fingerprint density at radius 3 is 2.28 bits per heavy atom. The maximum absolute atomic E-state index is 13.0. The molecule has 0 spiro atoms. The van der Waals surface area contributed by atoms with Crippen molar-refractivity contribution in [1.29, 1.82) is 0 Å². The van der Waals surface area contributed by atoms with Crippen molar-refractivity contribution in [2.75, 3.05) is 79.5 Å². The lowest BCUT2D eigenvalue weighted by Gasteiger charge is -2.43. The maximum Gasteiger partial charge on any atom is 0.227 e. The van der Waals surface area contributed by atoms with E-state index in [2.05, 4.69) is 45.5 Å². The Labute approximate surface area is 177 Å². The van der Waals surface area contributed by atoms with E-state index in [1.165, 1.54) is 0 Å². The summed E-state index contributed by atoms with van der Waals surface area (Å²) in [5.74, 6) is 0.831. The molecule has 3 fully saturated rings. The number of hydrogen-bond donors (Lipinski definition) is 0. The SMILES string of the molecule is CCN(C)CCC(=O)N1CCC(N2CCCC(C(=O)N3CCN(C)CC3)C2)CC1. The molecule has 3 heterocycles. The van der Waals surface area contributed by atoms with E-state index in [9.17, 15) is 9.59 Å². The van der Waals surface area contributed by atoms with Crippen LogP contribution in [0.2, 0.25) is 0 Å². The molecule has 0 aliphatic carbocycles. The number of hydrogen-bond acceptors (Lipinski definition) is 5. The number of rotatable bonds is 6. The minimum Gasteiger partial charge on any atom is -0.343 e. The molecule has 166 valence electrons. The van der Waals surface area contributed by atoms with E-state index in [0.29, 0.717) is 24.3 Å². The van der Waals surface area contributed by atoms with Crippen molar-refractivity contribution in [2.45, 2.75) is 45.1 Å². The maximum atomic E-state index is 13.0. The molecular formula is C22H41N5O2. The molecule has 3 saturated heterocycles. The summed E-state index contributed by atoms with van der Waals surface area (Å²) < 4.78 is 0. The van der Waals surface area contributed by atoms with Crippen molar-refractivity contribution >= 4 is 11.8 Å². The van der Waals surface area contributed by atoms with Crippen molar-refractivity contribution in [2.24, 2.45) is 5.92 Å². The molecule has 3 rings (SSSR count). The summed E-state index contributed by atoms with van der Waals surface area (Å²) in [5, 5.41) is 0. The molecular weight excluding hydrogens is 366 g/mol. The van der Waals surface area contributed by atoms with Crippen LogP contribution in [0.1, 0.15) is 39.0 Å². The lowest BCUT2D eigenvalue weighted by atomic mass is 9.92. The highest BCUT2D eigenvalue weighted by atomic mass is 16.2. The zero-order valence-corrected chi connectivity index (χ0v) is 18.8. The summed E-state index contributed by atoms with van der Waals surface area (Å²) in [6.07, 6.45) is 4.87. The van der Waals surface area contributed by atoms with Gasteiger partial charge in [0.1, 0.15) is 0 Å². The Kier molecular flexibility index (Phi) is 8.33. The van der Waals surface area contributed by atoms with E-state index in [-0.39, 0.29) is 5.92 Å². The summed E-state index contributed by atoms with van der Waals surface area (Å²) in [6.45, 7) is 11.4. The van der Waals surface area contributed by atoms with Crippen LogP contribution in [0.25, 0.3) is 0 Å². The normalized spacial score (nSPS) is 25.6. The fraction of sp³-hybridized carbons (Fsp3) is 0.909. The van der Waals surface area contributed by atoms with Crippen molar-refractivity contribution in [3.05, 3.63) is 0 Å². The summed E-state index contributed by atoms with van der Waals surface area (Å²) in [7, 11) is 4.19. The average Bonchev–Trinajstić information content (AvgIpc) is 2.77. The molecule has 7 nitrogen and oxygen atoms in total. The summed E-state index contributed by atoms with van der Waals surface area (Å²) >= 11 is 0. The number of piperazine rings is 1. The first kappa shape index (κ1) is 22.5. The molecule has 0 N–H and O–H groups in total. The Hall–Kier alpha value is -1.18. The minimum atomic E-state index is 0.163. The summed E-state index contributed by atoms with van der Waals surface area (Å²) in [5.41, 5.74) is 0. The van der Waals surface area contributed by atoms with Crippen LogP contribution in [-0.4, -0.2) is 122 Å². The predicted octanol–water partition coefficient (Wildman–Crippen LogP) is 0.805. The highest BCUT2D eigenvalue weighted by molar-refractivity contribution is 5.79.